The molecule has 1 heteroatoms. The Bertz CT molecular complexity index is 579. The molecule has 4 aliphatic carbocycles. The lowest BCUT2D eigenvalue weighted by molar-refractivity contribution is -0.0854. The summed E-state index contributed by atoms with van der Waals surface area (Å²) >= 11 is 0. The van der Waals surface area contributed by atoms with Crippen molar-refractivity contribution >= 4 is 0 Å². The third kappa shape index (κ3) is 1.77. The summed E-state index contributed by atoms with van der Waals surface area (Å²) in [7, 11) is 0. The number of allylic oxidation sites excluding steroid dienone is 3. The van der Waals surface area contributed by atoms with Crippen LogP contribution in [0, 0.1) is 41.4 Å². The van der Waals surface area contributed by atoms with Crippen LogP contribution in [-0.2, 0) is 0 Å². The van der Waals surface area contributed by atoms with E-state index in [2.05, 4.69) is 25.5 Å². The molecule has 0 bridgehead atoms. The molecule has 0 aromatic carbocycles. The molecular formula is C21H28O. The van der Waals surface area contributed by atoms with Crippen molar-refractivity contribution in [2.24, 2.45) is 29.1 Å². The molecular weight excluding hydrogens is 268 g/mol. The summed E-state index contributed by atoms with van der Waals surface area (Å²) in [5, 5.41) is 11.0. The van der Waals surface area contributed by atoms with Gasteiger partial charge in [0.25, 0.3) is 0 Å². The van der Waals surface area contributed by atoms with Gasteiger partial charge in [0.05, 0.1) is 0 Å². The Hall–Kier alpha value is -1.00. The van der Waals surface area contributed by atoms with E-state index in [1.54, 1.807) is 5.57 Å². The quantitative estimate of drug-likeness (QED) is 0.653. The molecule has 0 saturated heterocycles. The molecule has 0 heterocycles. The van der Waals surface area contributed by atoms with E-state index >= 15 is 0 Å². The predicted octanol–water partition coefficient (Wildman–Crippen LogP) is 4.48. The highest BCUT2D eigenvalue weighted by Crippen LogP contribution is 2.64. The zero-order valence-corrected chi connectivity index (χ0v) is 13.8. The Balaban J connectivity index is 1.65. The molecule has 0 amide bonds. The second-order valence-electron chi connectivity index (χ2n) is 8.49. The van der Waals surface area contributed by atoms with E-state index in [4.69, 9.17) is 6.42 Å². The van der Waals surface area contributed by atoms with Crippen molar-refractivity contribution < 1.29 is 5.11 Å². The van der Waals surface area contributed by atoms with Gasteiger partial charge in [0.1, 0.15) is 5.60 Å². The average molecular weight is 296 g/mol. The molecule has 118 valence electrons. The highest BCUT2D eigenvalue weighted by molar-refractivity contribution is 5.30. The maximum absolute atomic E-state index is 11.0. The van der Waals surface area contributed by atoms with Crippen molar-refractivity contribution in [1.82, 2.24) is 0 Å². The van der Waals surface area contributed by atoms with Crippen molar-refractivity contribution in [3.8, 4) is 12.3 Å². The minimum Gasteiger partial charge on any atom is -0.377 e. The number of rotatable bonds is 0. The number of fused-ring (bicyclic) bond motifs is 5. The van der Waals surface area contributed by atoms with Crippen molar-refractivity contribution in [1.29, 1.82) is 0 Å². The van der Waals surface area contributed by atoms with Gasteiger partial charge in [0.15, 0.2) is 0 Å². The summed E-state index contributed by atoms with van der Waals surface area (Å²) in [4.78, 5) is 0. The first-order chi connectivity index (χ1) is 10.5. The summed E-state index contributed by atoms with van der Waals surface area (Å²) in [5.41, 5.74) is 2.08. The second kappa shape index (κ2) is 4.75. The van der Waals surface area contributed by atoms with E-state index in [1.165, 1.54) is 37.7 Å². The van der Waals surface area contributed by atoms with E-state index in [9.17, 15) is 5.11 Å². The molecule has 0 spiro atoms. The number of terminal acetylenes is 1. The summed E-state index contributed by atoms with van der Waals surface area (Å²) in [6, 6.07) is 0. The maximum Gasteiger partial charge on any atom is 0.130 e. The molecule has 3 fully saturated rings. The summed E-state index contributed by atoms with van der Waals surface area (Å²) in [6.07, 6.45) is 17.4. The first-order valence-electron chi connectivity index (χ1n) is 9.07. The first kappa shape index (κ1) is 14.6. The van der Waals surface area contributed by atoms with E-state index in [-0.39, 0.29) is 5.41 Å². The zero-order chi connectivity index (χ0) is 15.5. The molecule has 0 unspecified atom stereocenters. The Morgan fingerprint density at radius 2 is 2.00 bits per heavy atom. The SMILES string of the molecule is C#C[C@]1(O)CC[C@H]2[C@@H]3CCC4=CC(=C)CC[C@@H]4[C@H]3CC[C@@]21C. The minimum atomic E-state index is -0.862. The van der Waals surface area contributed by atoms with Gasteiger partial charge in [0.2, 0.25) is 0 Å². The molecule has 0 aromatic rings. The molecule has 0 aromatic heterocycles. The van der Waals surface area contributed by atoms with Gasteiger partial charge in [-0.15, -0.1) is 6.42 Å². The largest absolute Gasteiger partial charge is 0.377 e. The van der Waals surface area contributed by atoms with Crippen LogP contribution >= 0.6 is 0 Å². The Labute approximate surface area is 134 Å². The molecule has 3 saturated carbocycles. The van der Waals surface area contributed by atoms with Gasteiger partial charge in [-0.3, -0.25) is 0 Å². The topological polar surface area (TPSA) is 20.2 Å². The first-order valence-corrected chi connectivity index (χ1v) is 9.07. The van der Waals surface area contributed by atoms with Crippen LogP contribution in [0.25, 0.3) is 0 Å². The normalized spacial score (nSPS) is 50.4. The second-order valence-corrected chi connectivity index (χ2v) is 8.49. The third-order valence-corrected chi connectivity index (χ3v) is 7.81. The van der Waals surface area contributed by atoms with Crippen molar-refractivity contribution in [2.45, 2.75) is 63.9 Å². The molecule has 4 aliphatic rings. The molecule has 0 radical (unpaired) electrons. The number of hydrogen-bond acceptors (Lipinski definition) is 1. The van der Waals surface area contributed by atoms with Crippen LogP contribution in [0.3, 0.4) is 0 Å². The van der Waals surface area contributed by atoms with E-state index in [0.29, 0.717) is 5.92 Å². The van der Waals surface area contributed by atoms with Crippen LogP contribution in [0.5, 0.6) is 0 Å². The standard InChI is InChI=1S/C21H28O/c1-4-21(22)12-10-19-18-8-6-15-13-14(2)5-7-16(15)17(18)9-11-20(19,21)3/h1,13,16-19,22H,2,5-12H2,3H3/t16-,17+,18+,19-,20-,21-/m0/s1. The van der Waals surface area contributed by atoms with E-state index in [0.717, 1.165) is 37.0 Å². The molecule has 4 rings (SSSR count). The molecule has 6 atom stereocenters. The molecule has 0 aliphatic heterocycles. The smallest absolute Gasteiger partial charge is 0.130 e. The van der Waals surface area contributed by atoms with Crippen LogP contribution < -0.4 is 0 Å². The highest BCUT2D eigenvalue weighted by atomic mass is 16.3. The third-order valence-electron chi connectivity index (χ3n) is 7.81. The van der Waals surface area contributed by atoms with Gasteiger partial charge in [0, 0.05) is 5.41 Å². The lowest BCUT2D eigenvalue weighted by atomic mass is 9.50. The van der Waals surface area contributed by atoms with Crippen LogP contribution in [0.4, 0.5) is 0 Å². The summed E-state index contributed by atoms with van der Waals surface area (Å²) in [5.74, 6) is 5.78. The fraction of sp³-hybridized carbons (Fsp3) is 0.714. The van der Waals surface area contributed by atoms with Gasteiger partial charge in [-0.05, 0) is 75.0 Å². The van der Waals surface area contributed by atoms with Crippen molar-refractivity contribution in [3.05, 3.63) is 23.8 Å². The predicted molar refractivity (Wildman–Crippen MR) is 90.0 cm³/mol. The van der Waals surface area contributed by atoms with Crippen LogP contribution in [-0.4, -0.2) is 10.7 Å². The number of hydrogen-bond donors (Lipinski definition) is 1. The minimum absolute atomic E-state index is 0.0532. The lowest BCUT2D eigenvalue weighted by Gasteiger charge is -2.54. The maximum atomic E-state index is 11.0. The monoisotopic (exact) mass is 296 g/mol. The Kier molecular flexibility index (Phi) is 3.15. The zero-order valence-electron chi connectivity index (χ0n) is 13.8. The fourth-order valence-electron chi connectivity index (χ4n) is 6.53. The highest BCUT2D eigenvalue weighted by Gasteiger charge is 2.61. The van der Waals surface area contributed by atoms with E-state index in [1.807, 2.05) is 0 Å². The molecule has 1 nitrogen and oxygen atoms in total. The Morgan fingerprint density at radius 1 is 1.18 bits per heavy atom. The fourth-order valence-corrected chi connectivity index (χ4v) is 6.53. The van der Waals surface area contributed by atoms with Gasteiger partial charge in [-0.1, -0.05) is 36.6 Å². The van der Waals surface area contributed by atoms with Crippen molar-refractivity contribution in [3.63, 3.8) is 0 Å². The molecule has 1 N–H and O–H groups in total. The van der Waals surface area contributed by atoms with Gasteiger partial charge in [-0.25, -0.2) is 0 Å². The van der Waals surface area contributed by atoms with Gasteiger partial charge < -0.3 is 5.11 Å². The lowest BCUT2D eigenvalue weighted by Crippen LogP contribution is -2.52. The molecule has 22 heavy (non-hydrogen) atoms. The van der Waals surface area contributed by atoms with Crippen LogP contribution in [0.2, 0.25) is 0 Å². The Morgan fingerprint density at radius 3 is 2.77 bits per heavy atom. The summed E-state index contributed by atoms with van der Waals surface area (Å²) < 4.78 is 0. The van der Waals surface area contributed by atoms with Crippen LogP contribution in [0.1, 0.15) is 58.3 Å². The average Bonchev–Trinajstić information content (AvgIpc) is 2.79. The summed E-state index contributed by atoms with van der Waals surface area (Å²) in [6.45, 7) is 6.44. The number of aliphatic hydroxyl groups is 1. The van der Waals surface area contributed by atoms with Crippen LogP contribution in [0.15, 0.2) is 23.8 Å². The van der Waals surface area contributed by atoms with E-state index < -0.39 is 5.60 Å². The van der Waals surface area contributed by atoms with Crippen molar-refractivity contribution in [2.75, 3.05) is 0 Å². The van der Waals surface area contributed by atoms with Gasteiger partial charge in [-0.2, -0.15) is 0 Å². The van der Waals surface area contributed by atoms with Gasteiger partial charge >= 0.3 is 0 Å².